The van der Waals surface area contributed by atoms with Gasteiger partial charge in [0.1, 0.15) is 0 Å². The minimum Gasteiger partial charge on any atom is -0.481 e. The third-order valence-electron chi connectivity index (χ3n) is 4.16. The lowest BCUT2D eigenvalue weighted by molar-refractivity contribution is -0.143. The Balaban J connectivity index is 1.95. The molecule has 1 amide bonds. The molecule has 0 spiro atoms. The van der Waals surface area contributed by atoms with Crippen molar-refractivity contribution in [2.75, 3.05) is 13.1 Å². The van der Waals surface area contributed by atoms with Crippen LogP contribution in [0.3, 0.4) is 0 Å². The van der Waals surface area contributed by atoms with Gasteiger partial charge in [-0.05, 0) is 44.4 Å². The molecular formula is C13H22N2O3. The molecule has 2 atom stereocenters. The molecule has 0 bridgehead atoms. The van der Waals surface area contributed by atoms with Crippen molar-refractivity contribution in [1.82, 2.24) is 4.90 Å². The monoisotopic (exact) mass is 254 g/mol. The predicted molar refractivity (Wildman–Crippen MR) is 66.9 cm³/mol. The fourth-order valence-corrected chi connectivity index (χ4v) is 2.86. The van der Waals surface area contributed by atoms with Gasteiger partial charge >= 0.3 is 5.97 Å². The van der Waals surface area contributed by atoms with Crippen molar-refractivity contribution in [3.8, 4) is 0 Å². The zero-order valence-corrected chi connectivity index (χ0v) is 10.9. The summed E-state index contributed by atoms with van der Waals surface area (Å²) in [5.41, 5.74) is 5.38. The minimum atomic E-state index is -0.785. The van der Waals surface area contributed by atoms with E-state index in [2.05, 4.69) is 0 Å². The first-order chi connectivity index (χ1) is 8.41. The molecule has 1 aliphatic heterocycles. The molecule has 1 saturated carbocycles. The van der Waals surface area contributed by atoms with Gasteiger partial charge in [-0.3, -0.25) is 9.59 Å². The van der Waals surface area contributed by atoms with Gasteiger partial charge in [0.2, 0.25) is 5.91 Å². The quantitative estimate of drug-likeness (QED) is 0.778. The highest BCUT2D eigenvalue weighted by molar-refractivity contribution is 5.86. The first-order valence-electron chi connectivity index (χ1n) is 6.71. The Morgan fingerprint density at radius 2 is 2.06 bits per heavy atom. The maximum Gasteiger partial charge on any atom is 0.303 e. The number of carbonyl (C=O) groups is 2. The van der Waals surface area contributed by atoms with Gasteiger partial charge in [-0.1, -0.05) is 0 Å². The van der Waals surface area contributed by atoms with Crippen molar-refractivity contribution in [3.05, 3.63) is 0 Å². The van der Waals surface area contributed by atoms with Crippen LogP contribution in [0.15, 0.2) is 0 Å². The summed E-state index contributed by atoms with van der Waals surface area (Å²) in [5.74, 6) is -0.396. The van der Waals surface area contributed by atoms with Crippen molar-refractivity contribution in [3.63, 3.8) is 0 Å². The number of carboxylic acid groups (broad SMARTS) is 1. The molecule has 5 nitrogen and oxygen atoms in total. The summed E-state index contributed by atoms with van der Waals surface area (Å²) in [7, 11) is 0. The summed E-state index contributed by atoms with van der Waals surface area (Å²) in [6.07, 6.45) is 3.98. The maximum absolute atomic E-state index is 12.4. The van der Waals surface area contributed by atoms with Crippen molar-refractivity contribution >= 4 is 11.9 Å². The number of hydrogen-bond acceptors (Lipinski definition) is 3. The molecule has 2 aliphatic rings. The van der Waals surface area contributed by atoms with Gasteiger partial charge in [0.25, 0.3) is 0 Å². The number of carboxylic acids is 1. The number of aliphatic carboxylic acids is 1. The first-order valence-corrected chi connectivity index (χ1v) is 6.71. The van der Waals surface area contributed by atoms with Gasteiger partial charge in [0.05, 0.1) is 5.54 Å². The Morgan fingerprint density at radius 1 is 1.39 bits per heavy atom. The summed E-state index contributed by atoms with van der Waals surface area (Å²) in [5, 5.41) is 8.82. The van der Waals surface area contributed by atoms with E-state index in [4.69, 9.17) is 10.8 Å². The van der Waals surface area contributed by atoms with Crippen LogP contribution in [0.5, 0.6) is 0 Å². The average molecular weight is 254 g/mol. The SMILES string of the molecule is CC(N)(C(=O)N1CCCC(CC(=O)O)C1)C1CC1. The standard InChI is InChI=1S/C13H22N2O3/c1-13(14,10-4-5-10)12(18)15-6-2-3-9(8-15)7-11(16)17/h9-10H,2-8,14H2,1H3,(H,16,17). The molecule has 3 N–H and O–H groups in total. The average Bonchev–Trinajstić information content (AvgIpc) is 3.11. The molecule has 1 saturated heterocycles. The van der Waals surface area contributed by atoms with Crippen LogP contribution < -0.4 is 5.73 Å². The third-order valence-corrected chi connectivity index (χ3v) is 4.16. The molecule has 0 aromatic heterocycles. The number of rotatable bonds is 4. The van der Waals surface area contributed by atoms with Crippen LogP contribution in [0.4, 0.5) is 0 Å². The highest BCUT2D eigenvalue weighted by Crippen LogP contribution is 2.39. The number of piperidine rings is 1. The normalized spacial score (nSPS) is 27.7. The fraction of sp³-hybridized carbons (Fsp3) is 0.846. The van der Waals surface area contributed by atoms with Gasteiger partial charge in [0.15, 0.2) is 0 Å². The molecular weight excluding hydrogens is 232 g/mol. The predicted octanol–water partition coefficient (Wildman–Crippen LogP) is 0.827. The van der Waals surface area contributed by atoms with Crippen LogP contribution in [0.2, 0.25) is 0 Å². The van der Waals surface area contributed by atoms with Crippen LogP contribution in [0.1, 0.15) is 39.0 Å². The third kappa shape index (κ3) is 2.83. The van der Waals surface area contributed by atoms with Gasteiger partial charge in [-0.25, -0.2) is 0 Å². The molecule has 102 valence electrons. The summed E-state index contributed by atoms with van der Waals surface area (Å²) in [4.78, 5) is 24.9. The van der Waals surface area contributed by atoms with Crippen molar-refractivity contribution < 1.29 is 14.7 Å². The highest BCUT2D eigenvalue weighted by Gasteiger charge is 2.46. The Kier molecular flexibility index (Phi) is 3.61. The zero-order valence-electron chi connectivity index (χ0n) is 10.9. The number of likely N-dealkylation sites (tertiary alicyclic amines) is 1. The van der Waals surface area contributed by atoms with Crippen LogP contribution in [0.25, 0.3) is 0 Å². The molecule has 2 unspecified atom stereocenters. The summed E-state index contributed by atoms with van der Waals surface area (Å²) in [6.45, 7) is 3.08. The number of carbonyl (C=O) groups excluding carboxylic acids is 1. The second-order valence-corrected chi connectivity index (χ2v) is 5.91. The molecule has 0 aromatic rings. The second kappa shape index (κ2) is 4.88. The largest absolute Gasteiger partial charge is 0.481 e. The van der Waals surface area contributed by atoms with E-state index in [0.717, 1.165) is 25.7 Å². The van der Waals surface area contributed by atoms with Crippen LogP contribution in [0, 0.1) is 11.8 Å². The van der Waals surface area contributed by atoms with Crippen LogP contribution >= 0.6 is 0 Å². The lowest BCUT2D eigenvalue weighted by atomic mass is 9.90. The minimum absolute atomic E-state index is 0.0000822. The molecule has 0 radical (unpaired) electrons. The molecule has 2 fully saturated rings. The Morgan fingerprint density at radius 3 is 2.61 bits per heavy atom. The Labute approximate surface area is 107 Å². The molecule has 2 rings (SSSR count). The van der Waals surface area contributed by atoms with E-state index in [0.29, 0.717) is 19.0 Å². The van der Waals surface area contributed by atoms with E-state index in [-0.39, 0.29) is 18.2 Å². The Hall–Kier alpha value is -1.10. The lowest BCUT2D eigenvalue weighted by Crippen LogP contribution is -2.56. The fourth-order valence-electron chi connectivity index (χ4n) is 2.86. The van der Waals surface area contributed by atoms with Gasteiger partial charge < -0.3 is 15.7 Å². The molecule has 18 heavy (non-hydrogen) atoms. The smallest absolute Gasteiger partial charge is 0.303 e. The van der Waals surface area contributed by atoms with Crippen molar-refractivity contribution in [1.29, 1.82) is 0 Å². The zero-order chi connectivity index (χ0) is 13.3. The van der Waals surface area contributed by atoms with Crippen LogP contribution in [-0.2, 0) is 9.59 Å². The van der Waals surface area contributed by atoms with Crippen LogP contribution in [-0.4, -0.2) is 40.5 Å². The van der Waals surface area contributed by atoms with Crippen molar-refractivity contribution in [2.24, 2.45) is 17.6 Å². The van der Waals surface area contributed by atoms with Gasteiger partial charge in [0, 0.05) is 19.5 Å². The number of amides is 1. The highest BCUT2D eigenvalue weighted by atomic mass is 16.4. The molecule has 5 heteroatoms. The van der Waals surface area contributed by atoms with Gasteiger partial charge in [-0.15, -0.1) is 0 Å². The Bertz CT molecular complexity index is 350. The second-order valence-electron chi connectivity index (χ2n) is 5.91. The van der Waals surface area contributed by atoms with Crippen molar-refractivity contribution in [2.45, 2.75) is 44.6 Å². The molecule has 1 aliphatic carbocycles. The van der Waals surface area contributed by atoms with Gasteiger partial charge in [-0.2, -0.15) is 0 Å². The summed E-state index contributed by atoms with van der Waals surface area (Å²) >= 11 is 0. The van der Waals surface area contributed by atoms with E-state index >= 15 is 0 Å². The lowest BCUT2D eigenvalue weighted by Gasteiger charge is -2.37. The van der Waals surface area contributed by atoms with E-state index in [1.165, 1.54) is 0 Å². The molecule has 1 heterocycles. The number of nitrogens with zero attached hydrogens (tertiary/aromatic N) is 1. The number of hydrogen-bond donors (Lipinski definition) is 2. The van der Waals surface area contributed by atoms with E-state index in [1.54, 1.807) is 4.90 Å². The number of nitrogens with two attached hydrogens (primary N) is 1. The maximum atomic E-state index is 12.4. The summed E-state index contributed by atoms with van der Waals surface area (Å²) in [6, 6.07) is 0. The summed E-state index contributed by atoms with van der Waals surface area (Å²) < 4.78 is 0. The van der Waals surface area contributed by atoms with E-state index in [9.17, 15) is 9.59 Å². The first kappa shape index (κ1) is 13.3. The van der Waals surface area contributed by atoms with E-state index in [1.807, 2.05) is 6.92 Å². The topological polar surface area (TPSA) is 83.6 Å². The van der Waals surface area contributed by atoms with E-state index < -0.39 is 11.5 Å². The molecule has 0 aromatic carbocycles.